The molecule has 25 heavy (non-hydrogen) atoms. The molecule has 0 fully saturated rings. The Labute approximate surface area is 145 Å². The number of phenolic OH excluding ortho intramolecular Hbond substituents is 1. The molecule has 1 amide bonds. The number of hydrazone groups is 1. The van der Waals surface area contributed by atoms with Gasteiger partial charge in [0.1, 0.15) is 0 Å². The van der Waals surface area contributed by atoms with Gasteiger partial charge in [0, 0.05) is 5.56 Å². The third-order valence-corrected chi connectivity index (χ3v) is 3.87. The number of ether oxygens (including phenoxy) is 1. The van der Waals surface area contributed by atoms with Gasteiger partial charge in [0.25, 0.3) is 0 Å². The van der Waals surface area contributed by atoms with Crippen LogP contribution in [0.15, 0.2) is 65.8 Å². The lowest BCUT2D eigenvalue weighted by molar-refractivity contribution is -0.120. The van der Waals surface area contributed by atoms with Gasteiger partial charge in [-0.2, -0.15) is 5.10 Å². The first-order chi connectivity index (χ1) is 12.2. The number of carbonyl (C=O) groups is 1. The number of nitrogens with zero attached hydrogens (tertiary/aromatic N) is 1. The smallest absolute Gasteiger partial charge is 0.244 e. The SMILES string of the molecule is COc1cccc(/C=N/NC(=O)Cc2cccc3ccccc23)c1O. The molecule has 5 heteroatoms. The number of rotatable bonds is 5. The quantitative estimate of drug-likeness (QED) is 0.556. The van der Waals surface area contributed by atoms with Crippen LogP contribution in [0.3, 0.4) is 0 Å². The van der Waals surface area contributed by atoms with Crippen LogP contribution < -0.4 is 10.2 Å². The number of hydrogen-bond acceptors (Lipinski definition) is 4. The second kappa shape index (κ2) is 7.49. The minimum atomic E-state index is -0.227. The molecule has 0 unspecified atom stereocenters. The van der Waals surface area contributed by atoms with Crippen molar-refractivity contribution in [2.45, 2.75) is 6.42 Å². The maximum Gasteiger partial charge on any atom is 0.244 e. The number of fused-ring (bicyclic) bond motifs is 1. The molecular formula is C20H18N2O3. The monoisotopic (exact) mass is 334 g/mol. The van der Waals surface area contributed by atoms with E-state index < -0.39 is 0 Å². The highest BCUT2D eigenvalue weighted by Gasteiger charge is 2.07. The van der Waals surface area contributed by atoms with Crippen molar-refractivity contribution in [1.29, 1.82) is 0 Å². The van der Waals surface area contributed by atoms with Crippen LogP contribution >= 0.6 is 0 Å². The predicted octanol–water partition coefficient (Wildman–Crippen LogP) is 3.25. The normalized spacial score (nSPS) is 10.9. The highest BCUT2D eigenvalue weighted by Crippen LogP contribution is 2.27. The molecule has 3 aromatic rings. The molecular weight excluding hydrogens is 316 g/mol. The van der Waals surface area contributed by atoms with Gasteiger partial charge in [-0.3, -0.25) is 4.79 Å². The number of hydrogen-bond donors (Lipinski definition) is 2. The maximum atomic E-state index is 12.1. The van der Waals surface area contributed by atoms with E-state index in [0.717, 1.165) is 16.3 Å². The van der Waals surface area contributed by atoms with Crippen molar-refractivity contribution >= 4 is 22.9 Å². The Morgan fingerprint density at radius 1 is 1.12 bits per heavy atom. The van der Waals surface area contributed by atoms with E-state index in [1.807, 2.05) is 42.5 Å². The number of benzene rings is 3. The molecule has 0 spiro atoms. The summed E-state index contributed by atoms with van der Waals surface area (Å²) in [4.78, 5) is 12.1. The molecule has 0 bridgehead atoms. The van der Waals surface area contributed by atoms with Gasteiger partial charge in [-0.15, -0.1) is 0 Å². The summed E-state index contributed by atoms with van der Waals surface area (Å²) in [6.07, 6.45) is 1.61. The molecule has 0 aliphatic carbocycles. The van der Waals surface area contributed by atoms with Gasteiger partial charge in [-0.25, -0.2) is 5.43 Å². The summed E-state index contributed by atoms with van der Waals surface area (Å²) in [6.45, 7) is 0. The average molecular weight is 334 g/mol. The minimum absolute atomic E-state index is 0.0166. The molecule has 0 saturated heterocycles. The van der Waals surface area contributed by atoms with Gasteiger partial charge >= 0.3 is 0 Å². The first-order valence-corrected chi connectivity index (χ1v) is 7.83. The molecule has 0 saturated carbocycles. The van der Waals surface area contributed by atoms with Gasteiger partial charge < -0.3 is 9.84 Å². The molecule has 2 N–H and O–H groups in total. The van der Waals surface area contributed by atoms with Crippen LogP contribution in [0, 0.1) is 0 Å². The predicted molar refractivity (Wildman–Crippen MR) is 98.0 cm³/mol. The van der Waals surface area contributed by atoms with Crippen molar-refractivity contribution in [3.8, 4) is 11.5 Å². The number of nitrogens with one attached hydrogen (secondary N) is 1. The number of amides is 1. The summed E-state index contributed by atoms with van der Waals surface area (Å²) in [5.74, 6) is 0.109. The van der Waals surface area contributed by atoms with E-state index in [4.69, 9.17) is 4.74 Å². The van der Waals surface area contributed by atoms with Gasteiger partial charge in [0.15, 0.2) is 11.5 Å². The van der Waals surface area contributed by atoms with E-state index in [1.165, 1.54) is 13.3 Å². The van der Waals surface area contributed by atoms with E-state index in [-0.39, 0.29) is 18.1 Å². The summed E-state index contributed by atoms with van der Waals surface area (Å²) in [7, 11) is 1.47. The first-order valence-electron chi connectivity index (χ1n) is 7.83. The van der Waals surface area contributed by atoms with Crippen LogP contribution in [-0.4, -0.2) is 24.3 Å². The molecule has 0 aromatic heterocycles. The van der Waals surface area contributed by atoms with Crippen molar-refractivity contribution in [3.63, 3.8) is 0 Å². The topological polar surface area (TPSA) is 70.9 Å². The van der Waals surface area contributed by atoms with E-state index in [1.54, 1.807) is 18.2 Å². The zero-order chi connectivity index (χ0) is 17.6. The van der Waals surface area contributed by atoms with Gasteiger partial charge in [0.05, 0.1) is 19.7 Å². The van der Waals surface area contributed by atoms with Crippen molar-refractivity contribution in [3.05, 3.63) is 71.8 Å². The fourth-order valence-electron chi connectivity index (χ4n) is 2.64. The number of phenols is 1. The van der Waals surface area contributed by atoms with E-state index in [2.05, 4.69) is 10.5 Å². The summed E-state index contributed by atoms with van der Waals surface area (Å²) < 4.78 is 5.03. The number of carbonyl (C=O) groups excluding carboxylic acids is 1. The Morgan fingerprint density at radius 2 is 1.88 bits per heavy atom. The van der Waals surface area contributed by atoms with Crippen molar-refractivity contribution in [2.24, 2.45) is 5.10 Å². The van der Waals surface area contributed by atoms with Crippen LogP contribution in [-0.2, 0) is 11.2 Å². The Kier molecular flexibility index (Phi) is 4.95. The van der Waals surface area contributed by atoms with Crippen molar-refractivity contribution in [2.75, 3.05) is 7.11 Å². The molecule has 0 heterocycles. The Morgan fingerprint density at radius 3 is 2.72 bits per heavy atom. The van der Waals surface area contributed by atoms with Crippen LogP contribution in [0.25, 0.3) is 10.8 Å². The summed E-state index contributed by atoms with van der Waals surface area (Å²) in [5, 5.41) is 16.0. The Balaban J connectivity index is 1.69. The van der Waals surface area contributed by atoms with E-state index in [0.29, 0.717) is 11.3 Å². The molecule has 0 radical (unpaired) electrons. The third kappa shape index (κ3) is 3.77. The molecule has 0 aliphatic heterocycles. The van der Waals surface area contributed by atoms with Crippen LogP contribution in [0.5, 0.6) is 11.5 Å². The molecule has 126 valence electrons. The fourth-order valence-corrected chi connectivity index (χ4v) is 2.64. The zero-order valence-electron chi connectivity index (χ0n) is 13.8. The molecule has 3 rings (SSSR count). The highest BCUT2D eigenvalue weighted by molar-refractivity contribution is 5.91. The molecule has 3 aromatic carbocycles. The van der Waals surface area contributed by atoms with Gasteiger partial charge in [0.2, 0.25) is 5.91 Å². The number of methoxy groups -OCH3 is 1. The second-order valence-corrected chi connectivity index (χ2v) is 5.51. The zero-order valence-corrected chi connectivity index (χ0v) is 13.8. The second-order valence-electron chi connectivity index (χ2n) is 5.51. The van der Waals surface area contributed by atoms with Crippen LogP contribution in [0.2, 0.25) is 0 Å². The Bertz CT molecular complexity index is 930. The summed E-state index contributed by atoms with van der Waals surface area (Å²) in [6, 6.07) is 18.9. The largest absolute Gasteiger partial charge is 0.504 e. The van der Waals surface area contributed by atoms with Gasteiger partial charge in [-0.1, -0.05) is 48.5 Å². The summed E-state index contributed by atoms with van der Waals surface area (Å²) >= 11 is 0. The third-order valence-electron chi connectivity index (χ3n) is 3.87. The lowest BCUT2D eigenvalue weighted by atomic mass is 10.0. The van der Waals surface area contributed by atoms with Crippen molar-refractivity contribution < 1.29 is 14.6 Å². The first kappa shape index (κ1) is 16.5. The lowest BCUT2D eigenvalue weighted by Crippen LogP contribution is -2.19. The molecule has 0 aliphatic rings. The lowest BCUT2D eigenvalue weighted by Gasteiger charge is -2.06. The minimum Gasteiger partial charge on any atom is -0.504 e. The molecule has 0 atom stereocenters. The average Bonchev–Trinajstić information content (AvgIpc) is 2.63. The van der Waals surface area contributed by atoms with E-state index >= 15 is 0 Å². The maximum absolute atomic E-state index is 12.1. The van der Waals surface area contributed by atoms with Crippen molar-refractivity contribution in [1.82, 2.24) is 5.43 Å². The fraction of sp³-hybridized carbons (Fsp3) is 0.100. The number of aromatic hydroxyl groups is 1. The van der Waals surface area contributed by atoms with Gasteiger partial charge in [-0.05, 0) is 28.5 Å². The highest BCUT2D eigenvalue weighted by atomic mass is 16.5. The Hall–Kier alpha value is -3.34. The molecule has 5 nitrogen and oxygen atoms in total. The summed E-state index contributed by atoms with van der Waals surface area (Å²) in [5.41, 5.74) is 3.89. The van der Waals surface area contributed by atoms with Crippen LogP contribution in [0.1, 0.15) is 11.1 Å². The van der Waals surface area contributed by atoms with E-state index in [9.17, 15) is 9.90 Å². The van der Waals surface area contributed by atoms with Crippen LogP contribution in [0.4, 0.5) is 0 Å². The standard InChI is InChI=1S/C20H18N2O3/c1-25-18-11-5-9-16(20(18)24)13-21-22-19(23)12-15-8-4-7-14-6-2-3-10-17(14)15/h2-11,13,24H,12H2,1H3,(H,22,23)/b21-13+. The number of para-hydroxylation sites is 1.